The van der Waals surface area contributed by atoms with Crippen LogP contribution >= 0.6 is 15.9 Å². The van der Waals surface area contributed by atoms with E-state index in [0.29, 0.717) is 52.9 Å². The van der Waals surface area contributed by atoms with E-state index in [1.165, 1.54) is 4.90 Å². The molecular formula is C19H17BrN2O5. The van der Waals surface area contributed by atoms with Gasteiger partial charge in [-0.2, -0.15) is 0 Å². The maximum absolute atomic E-state index is 12.6. The Labute approximate surface area is 164 Å². The summed E-state index contributed by atoms with van der Waals surface area (Å²) in [5.74, 6) is 1.31. The standard InChI is InChI=1S/C19H17BrN2O5/c20-12-9-16-17(27-8-7-26-16)10-13(12)21-18(23)11-22-14-3-1-2-4-15(14)25-6-5-19(22)24/h1-4,9-10H,5-8,11H2,(H,21,23). The summed E-state index contributed by atoms with van der Waals surface area (Å²) in [6, 6.07) is 10.7. The minimum Gasteiger partial charge on any atom is -0.491 e. The zero-order valence-corrected chi connectivity index (χ0v) is 16.0. The predicted molar refractivity (Wildman–Crippen MR) is 103 cm³/mol. The minimum absolute atomic E-state index is 0.111. The summed E-state index contributed by atoms with van der Waals surface area (Å²) >= 11 is 3.43. The smallest absolute Gasteiger partial charge is 0.244 e. The zero-order valence-electron chi connectivity index (χ0n) is 14.4. The van der Waals surface area contributed by atoms with Gasteiger partial charge in [0.15, 0.2) is 11.5 Å². The number of anilines is 2. The fraction of sp³-hybridized carbons (Fsp3) is 0.263. The van der Waals surface area contributed by atoms with Crippen LogP contribution in [0.1, 0.15) is 6.42 Å². The largest absolute Gasteiger partial charge is 0.491 e. The zero-order chi connectivity index (χ0) is 18.8. The second kappa shape index (κ2) is 7.48. The van der Waals surface area contributed by atoms with Crippen LogP contribution in [0.15, 0.2) is 40.9 Å². The van der Waals surface area contributed by atoms with Crippen molar-refractivity contribution in [1.29, 1.82) is 0 Å². The number of carbonyl (C=O) groups excluding carboxylic acids is 2. The van der Waals surface area contributed by atoms with Crippen LogP contribution in [0.3, 0.4) is 0 Å². The number of rotatable bonds is 3. The third-order valence-corrected chi connectivity index (χ3v) is 4.89. The summed E-state index contributed by atoms with van der Waals surface area (Å²) in [5.41, 5.74) is 1.15. The van der Waals surface area contributed by atoms with Gasteiger partial charge in [-0.1, -0.05) is 12.1 Å². The van der Waals surface area contributed by atoms with E-state index in [-0.39, 0.29) is 24.8 Å². The van der Waals surface area contributed by atoms with E-state index in [1.54, 1.807) is 24.3 Å². The first kappa shape index (κ1) is 17.7. The van der Waals surface area contributed by atoms with Crippen molar-refractivity contribution in [3.05, 3.63) is 40.9 Å². The molecule has 4 rings (SSSR count). The van der Waals surface area contributed by atoms with Gasteiger partial charge in [0.1, 0.15) is 25.5 Å². The lowest BCUT2D eigenvalue weighted by molar-refractivity contribution is -0.121. The monoisotopic (exact) mass is 432 g/mol. The average molecular weight is 433 g/mol. The number of hydrogen-bond acceptors (Lipinski definition) is 5. The van der Waals surface area contributed by atoms with E-state index in [0.717, 1.165) is 0 Å². The summed E-state index contributed by atoms with van der Waals surface area (Å²) in [7, 11) is 0. The molecule has 0 aliphatic carbocycles. The Kier molecular flexibility index (Phi) is 4.89. The van der Waals surface area contributed by atoms with Crippen molar-refractivity contribution in [1.82, 2.24) is 0 Å². The highest BCUT2D eigenvalue weighted by atomic mass is 79.9. The lowest BCUT2D eigenvalue weighted by Gasteiger charge is -2.22. The molecule has 2 amide bonds. The second-order valence-corrected chi connectivity index (χ2v) is 6.92. The molecule has 0 spiro atoms. The number of nitrogens with zero attached hydrogens (tertiary/aromatic N) is 1. The molecule has 0 atom stereocenters. The summed E-state index contributed by atoms with van der Waals surface area (Å²) in [4.78, 5) is 26.5. The lowest BCUT2D eigenvalue weighted by Crippen LogP contribution is -2.37. The van der Waals surface area contributed by atoms with Crippen LogP contribution in [0, 0.1) is 0 Å². The van der Waals surface area contributed by atoms with Gasteiger partial charge in [0.25, 0.3) is 0 Å². The van der Waals surface area contributed by atoms with Crippen molar-refractivity contribution in [2.75, 3.05) is 36.6 Å². The van der Waals surface area contributed by atoms with Crippen LogP contribution in [-0.2, 0) is 9.59 Å². The summed E-state index contributed by atoms with van der Waals surface area (Å²) in [6.07, 6.45) is 0.218. The molecule has 0 saturated heterocycles. The Balaban J connectivity index is 1.53. The molecule has 2 aliphatic rings. The molecule has 0 fully saturated rings. The van der Waals surface area contributed by atoms with Crippen molar-refractivity contribution in [3.63, 3.8) is 0 Å². The number of hydrogen-bond donors (Lipinski definition) is 1. The van der Waals surface area contributed by atoms with Crippen LogP contribution in [0.2, 0.25) is 0 Å². The van der Waals surface area contributed by atoms with E-state index >= 15 is 0 Å². The number of fused-ring (bicyclic) bond motifs is 2. The van der Waals surface area contributed by atoms with Gasteiger partial charge in [-0.3, -0.25) is 14.5 Å². The molecule has 7 nitrogen and oxygen atoms in total. The summed E-state index contributed by atoms with van der Waals surface area (Å²) in [5, 5.41) is 2.82. The molecule has 0 unspecified atom stereocenters. The Morgan fingerprint density at radius 2 is 1.74 bits per heavy atom. The van der Waals surface area contributed by atoms with E-state index in [1.807, 2.05) is 12.1 Å². The van der Waals surface area contributed by atoms with Crippen LogP contribution in [0.5, 0.6) is 17.2 Å². The fourth-order valence-corrected chi connectivity index (χ4v) is 3.41. The van der Waals surface area contributed by atoms with Crippen LogP contribution in [0.4, 0.5) is 11.4 Å². The van der Waals surface area contributed by atoms with Crippen molar-refractivity contribution < 1.29 is 23.8 Å². The molecule has 0 radical (unpaired) electrons. The molecule has 1 N–H and O–H groups in total. The SMILES string of the molecule is O=C(CN1C(=O)CCOc2ccccc21)Nc1cc2c(cc1Br)OCCO2. The molecule has 0 bridgehead atoms. The quantitative estimate of drug-likeness (QED) is 0.806. The number of halogens is 1. The van der Waals surface area contributed by atoms with Gasteiger partial charge < -0.3 is 19.5 Å². The molecule has 8 heteroatoms. The first-order valence-corrected chi connectivity index (χ1v) is 9.32. The Morgan fingerprint density at radius 3 is 2.56 bits per heavy atom. The Morgan fingerprint density at radius 1 is 1.04 bits per heavy atom. The third-order valence-electron chi connectivity index (χ3n) is 4.24. The minimum atomic E-state index is -0.322. The number of amides is 2. The van der Waals surface area contributed by atoms with E-state index in [4.69, 9.17) is 14.2 Å². The molecule has 140 valence electrons. The molecule has 0 aromatic heterocycles. The van der Waals surface area contributed by atoms with Crippen LogP contribution < -0.4 is 24.4 Å². The number of para-hydroxylation sites is 2. The van der Waals surface area contributed by atoms with Gasteiger partial charge in [-0.15, -0.1) is 0 Å². The van der Waals surface area contributed by atoms with E-state index < -0.39 is 0 Å². The molecule has 2 aliphatic heterocycles. The third kappa shape index (κ3) is 3.71. The normalized spacial score (nSPS) is 15.4. The van der Waals surface area contributed by atoms with E-state index in [2.05, 4.69) is 21.2 Å². The number of ether oxygens (including phenoxy) is 3. The maximum Gasteiger partial charge on any atom is 0.244 e. The molecule has 2 heterocycles. The maximum atomic E-state index is 12.6. The molecule has 27 heavy (non-hydrogen) atoms. The van der Waals surface area contributed by atoms with Crippen LogP contribution in [0.25, 0.3) is 0 Å². The average Bonchev–Trinajstić information content (AvgIpc) is 2.82. The van der Waals surface area contributed by atoms with Crippen molar-refractivity contribution >= 4 is 39.1 Å². The number of nitrogens with one attached hydrogen (secondary N) is 1. The highest BCUT2D eigenvalue weighted by Crippen LogP contribution is 2.38. The first-order valence-electron chi connectivity index (χ1n) is 8.53. The van der Waals surface area contributed by atoms with E-state index in [9.17, 15) is 9.59 Å². The second-order valence-electron chi connectivity index (χ2n) is 6.07. The van der Waals surface area contributed by atoms with Gasteiger partial charge in [0, 0.05) is 16.6 Å². The summed E-state index contributed by atoms with van der Waals surface area (Å²) < 4.78 is 17.3. The van der Waals surface area contributed by atoms with Gasteiger partial charge in [0.05, 0.1) is 24.4 Å². The van der Waals surface area contributed by atoms with Gasteiger partial charge >= 0.3 is 0 Å². The topological polar surface area (TPSA) is 77.1 Å². The fourth-order valence-electron chi connectivity index (χ4n) is 2.99. The summed E-state index contributed by atoms with van der Waals surface area (Å²) in [6.45, 7) is 1.13. The molecular weight excluding hydrogens is 416 g/mol. The Hall–Kier alpha value is -2.74. The highest BCUT2D eigenvalue weighted by molar-refractivity contribution is 9.10. The molecule has 0 saturated carbocycles. The van der Waals surface area contributed by atoms with Gasteiger partial charge in [0.2, 0.25) is 11.8 Å². The Bertz CT molecular complexity index is 902. The lowest BCUT2D eigenvalue weighted by atomic mass is 10.2. The first-order chi connectivity index (χ1) is 13.1. The number of carbonyl (C=O) groups is 2. The van der Waals surface area contributed by atoms with Gasteiger partial charge in [-0.25, -0.2) is 0 Å². The van der Waals surface area contributed by atoms with Crippen molar-refractivity contribution in [3.8, 4) is 17.2 Å². The number of benzene rings is 2. The van der Waals surface area contributed by atoms with Crippen LogP contribution in [-0.4, -0.2) is 38.2 Å². The molecule has 2 aromatic carbocycles. The van der Waals surface area contributed by atoms with Crippen molar-refractivity contribution in [2.24, 2.45) is 0 Å². The molecule has 2 aromatic rings. The van der Waals surface area contributed by atoms with Gasteiger partial charge in [-0.05, 0) is 28.1 Å². The predicted octanol–water partition coefficient (Wildman–Crippen LogP) is 2.97. The van der Waals surface area contributed by atoms with Crippen molar-refractivity contribution in [2.45, 2.75) is 6.42 Å². The highest BCUT2D eigenvalue weighted by Gasteiger charge is 2.25.